The van der Waals surface area contributed by atoms with Crippen molar-refractivity contribution < 1.29 is 9.90 Å². The molecule has 4 N–H and O–H groups in total. The molecule has 0 saturated heterocycles. The minimum Gasteiger partial charge on any atom is -0.393 e. The van der Waals surface area contributed by atoms with Gasteiger partial charge in [0.2, 0.25) is 5.91 Å². The predicted octanol–water partition coefficient (Wildman–Crippen LogP) is 0.834. The van der Waals surface area contributed by atoms with Gasteiger partial charge in [-0.2, -0.15) is 0 Å². The molecule has 2 rings (SSSR count). The van der Waals surface area contributed by atoms with Crippen LogP contribution in [0.5, 0.6) is 0 Å². The number of aryl methyl sites for hydroxylation is 1. The number of carbonyl (C=O) groups is 1. The van der Waals surface area contributed by atoms with Crippen LogP contribution in [0.25, 0.3) is 0 Å². The Morgan fingerprint density at radius 2 is 2.05 bits per heavy atom. The molecule has 4 heteroatoms. The van der Waals surface area contributed by atoms with Crippen molar-refractivity contribution in [1.29, 1.82) is 0 Å². The molecule has 19 heavy (non-hydrogen) atoms. The van der Waals surface area contributed by atoms with Gasteiger partial charge in [-0.15, -0.1) is 0 Å². The van der Waals surface area contributed by atoms with Crippen molar-refractivity contribution in [1.82, 2.24) is 5.32 Å². The molecule has 1 aliphatic carbocycles. The Kier molecular flexibility index (Phi) is 4.93. The van der Waals surface area contributed by atoms with Crippen LogP contribution in [0, 0.1) is 5.92 Å². The first kappa shape index (κ1) is 14.0. The molecular weight excluding hydrogens is 240 g/mol. The third-order valence-corrected chi connectivity index (χ3v) is 3.70. The Labute approximate surface area is 114 Å². The maximum atomic E-state index is 11.8. The lowest BCUT2D eigenvalue weighted by Crippen LogP contribution is -2.45. The molecular formula is C15H22N2O2. The molecule has 1 unspecified atom stereocenters. The summed E-state index contributed by atoms with van der Waals surface area (Å²) in [5, 5.41) is 12.0. The van der Waals surface area contributed by atoms with Crippen LogP contribution in [0.15, 0.2) is 30.3 Å². The Bertz CT molecular complexity index is 402. The van der Waals surface area contributed by atoms with Gasteiger partial charge in [-0.1, -0.05) is 30.3 Å². The molecule has 0 heterocycles. The van der Waals surface area contributed by atoms with Gasteiger partial charge in [0.15, 0.2) is 0 Å². The highest BCUT2D eigenvalue weighted by molar-refractivity contribution is 5.81. The minimum absolute atomic E-state index is 0.0858. The van der Waals surface area contributed by atoms with Gasteiger partial charge in [0, 0.05) is 6.54 Å². The van der Waals surface area contributed by atoms with Crippen molar-refractivity contribution in [3.8, 4) is 0 Å². The topological polar surface area (TPSA) is 75.4 Å². The summed E-state index contributed by atoms with van der Waals surface area (Å²) < 4.78 is 0. The number of carbonyl (C=O) groups excluding carboxylic acids is 1. The van der Waals surface area contributed by atoms with Crippen LogP contribution >= 0.6 is 0 Å². The van der Waals surface area contributed by atoms with Crippen LogP contribution < -0.4 is 11.1 Å². The second kappa shape index (κ2) is 6.68. The number of aliphatic hydroxyl groups is 1. The molecule has 1 aromatic carbocycles. The average molecular weight is 262 g/mol. The zero-order valence-corrected chi connectivity index (χ0v) is 11.1. The van der Waals surface area contributed by atoms with Gasteiger partial charge >= 0.3 is 0 Å². The molecule has 1 saturated carbocycles. The fraction of sp³-hybridized carbons (Fsp3) is 0.533. The predicted molar refractivity (Wildman–Crippen MR) is 74.5 cm³/mol. The number of nitrogens with one attached hydrogen (secondary N) is 1. The Balaban J connectivity index is 1.65. The molecule has 104 valence electrons. The third kappa shape index (κ3) is 4.33. The molecule has 1 aliphatic rings. The maximum absolute atomic E-state index is 11.8. The molecule has 1 amide bonds. The fourth-order valence-electron chi connectivity index (χ4n) is 2.34. The van der Waals surface area contributed by atoms with Crippen molar-refractivity contribution in [2.75, 3.05) is 6.54 Å². The molecule has 0 radical (unpaired) electrons. The van der Waals surface area contributed by atoms with Crippen molar-refractivity contribution in [2.45, 2.75) is 37.8 Å². The van der Waals surface area contributed by atoms with Crippen LogP contribution in [-0.2, 0) is 11.2 Å². The molecule has 1 atom stereocenters. The van der Waals surface area contributed by atoms with E-state index in [1.54, 1.807) is 0 Å². The smallest absolute Gasteiger partial charge is 0.236 e. The second-order valence-electron chi connectivity index (χ2n) is 5.37. The van der Waals surface area contributed by atoms with Crippen LogP contribution in [0.2, 0.25) is 0 Å². The summed E-state index contributed by atoms with van der Waals surface area (Å²) >= 11 is 0. The SMILES string of the molecule is NC(CCc1ccccc1)C(=O)NCC1CC(O)C1. The average Bonchev–Trinajstić information content (AvgIpc) is 2.40. The van der Waals surface area contributed by atoms with Crippen LogP contribution in [0.4, 0.5) is 0 Å². The maximum Gasteiger partial charge on any atom is 0.236 e. The van der Waals surface area contributed by atoms with E-state index < -0.39 is 6.04 Å². The Hall–Kier alpha value is -1.39. The minimum atomic E-state index is -0.454. The standard InChI is InChI=1S/C15H22N2O2/c16-14(7-6-11-4-2-1-3-5-11)15(19)17-10-12-8-13(18)9-12/h1-5,12-14,18H,6-10,16H2,(H,17,19). The first-order valence-electron chi connectivity index (χ1n) is 6.90. The van der Waals surface area contributed by atoms with E-state index in [0.717, 1.165) is 19.3 Å². The van der Waals surface area contributed by atoms with E-state index >= 15 is 0 Å². The third-order valence-electron chi connectivity index (χ3n) is 3.70. The highest BCUT2D eigenvalue weighted by atomic mass is 16.3. The summed E-state index contributed by atoms with van der Waals surface area (Å²) in [6.45, 7) is 0.634. The zero-order valence-electron chi connectivity index (χ0n) is 11.1. The molecule has 1 aromatic rings. The van der Waals surface area contributed by atoms with E-state index in [0.29, 0.717) is 18.9 Å². The summed E-state index contributed by atoms with van der Waals surface area (Å²) in [6, 6.07) is 9.58. The summed E-state index contributed by atoms with van der Waals surface area (Å²) in [7, 11) is 0. The van der Waals surface area contributed by atoms with Gasteiger partial charge in [0.1, 0.15) is 0 Å². The van der Waals surface area contributed by atoms with E-state index in [4.69, 9.17) is 10.8 Å². The fourth-order valence-corrected chi connectivity index (χ4v) is 2.34. The van der Waals surface area contributed by atoms with Crippen molar-refractivity contribution in [2.24, 2.45) is 11.7 Å². The largest absolute Gasteiger partial charge is 0.393 e. The number of amides is 1. The van der Waals surface area contributed by atoms with Gasteiger partial charge in [-0.05, 0) is 37.2 Å². The van der Waals surface area contributed by atoms with Crippen molar-refractivity contribution in [3.63, 3.8) is 0 Å². The van der Waals surface area contributed by atoms with Crippen LogP contribution in [0.1, 0.15) is 24.8 Å². The van der Waals surface area contributed by atoms with Gasteiger partial charge in [0.05, 0.1) is 12.1 Å². The Morgan fingerprint density at radius 1 is 1.37 bits per heavy atom. The van der Waals surface area contributed by atoms with E-state index in [1.165, 1.54) is 5.56 Å². The number of rotatable bonds is 6. The highest BCUT2D eigenvalue weighted by Gasteiger charge is 2.27. The lowest BCUT2D eigenvalue weighted by atomic mass is 9.82. The molecule has 0 aliphatic heterocycles. The number of nitrogens with two attached hydrogens (primary N) is 1. The van der Waals surface area contributed by atoms with Gasteiger partial charge in [-0.3, -0.25) is 4.79 Å². The molecule has 4 nitrogen and oxygen atoms in total. The monoisotopic (exact) mass is 262 g/mol. The molecule has 0 bridgehead atoms. The first-order chi connectivity index (χ1) is 9.15. The van der Waals surface area contributed by atoms with E-state index in [2.05, 4.69) is 5.32 Å². The quantitative estimate of drug-likeness (QED) is 0.711. The number of hydrogen-bond acceptors (Lipinski definition) is 3. The number of hydrogen-bond donors (Lipinski definition) is 3. The van der Waals surface area contributed by atoms with E-state index in [-0.39, 0.29) is 12.0 Å². The normalized spacial score (nSPS) is 23.5. The lowest BCUT2D eigenvalue weighted by molar-refractivity contribution is -0.123. The van der Waals surface area contributed by atoms with Gasteiger partial charge in [-0.25, -0.2) is 0 Å². The lowest BCUT2D eigenvalue weighted by Gasteiger charge is -2.31. The van der Waals surface area contributed by atoms with Crippen molar-refractivity contribution >= 4 is 5.91 Å². The first-order valence-corrected chi connectivity index (χ1v) is 6.90. The Morgan fingerprint density at radius 3 is 2.68 bits per heavy atom. The van der Waals surface area contributed by atoms with Crippen LogP contribution in [0.3, 0.4) is 0 Å². The van der Waals surface area contributed by atoms with E-state index in [1.807, 2.05) is 30.3 Å². The molecule has 0 aromatic heterocycles. The molecule has 0 spiro atoms. The number of aliphatic hydroxyl groups excluding tert-OH is 1. The summed E-state index contributed by atoms with van der Waals surface area (Å²) in [4.78, 5) is 11.8. The molecule has 1 fully saturated rings. The number of benzene rings is 1. The van der Waals surface area contributed by atoms with Gasteiger partial charge in [0.25, 0.3) is 0 Å². The summed E-state index contributed by atoms with van der Waals surface area (Å²) in [5.74, 6) is 0.331. The van der Waals surface area contributed by atoms with Gasteiger partial charge < -0.3 is 16.2 Å². The van der Waals surface area contributed by atoms with E-state index in [9.17, 15) is 4.79 Å². The summed E-state index contributed by atoms with van der Waals surface area (Å²) in [5.41, 5.74) is 7.08. The zero-order chi connectivity index (χ0) is 13.7. The van der Waals surface area contributed by atoms with Crippen molar-refractivity contribution in [3.05, 3.63) is 35.9 Å². The summed E-state index contributed by atoms with van der Waals surface area (Å²) in [6.07, 6.45) is 2.88. The highest BCUT2D eigenvalue weighted by Crippen LogP contribution is 2.26. The second-order valence-corrected chi connectivity index (χ2v) is 5.37. The van der Waals surface area contributed by atoms with Crippen LogP contribution in [-0.4, -0.2) is 29.7 Å².